The van der Waals surface area contributed by atoms with Crippen molar-refractivity contribution >= 4 is 23.5 Å². The van der Waals surface area contributed by atoms with Gasteiger partial charge < -0.3 is 28.4 Å². The van der Waals surface area contributed by atoms with Crippen LogP contribution >= 0.6 is 11.6 Å². The number of rotatable bonds is 14. The maximum Gasteiger partial charge on any atom is 0.321 e. The number of ether oxygens (including phenoxy) is 6. The Bertz CT molecular complexity index is 1000. The molecule has 1 aliphatic rings. The van der Waals surface area contributed by atoms with Gasteiger partial charge >= 0.3 is 11.9 Å². The normalized spacial score (nSPS) is 23.2. The van der Waals surface area contributed by atoms with Gasteiger partial charge in [-0.05, 0) is 23.6 Å². The summed E-state index contributed by atoms with van der Waals surface area (Å²) in [7, 11) is 0. The summed E-state index contributed by atoms with van der Waals surface area (Å²) in [6, 6.07) is 19.1. The SMILES string of the molecule is CCC/C=C/O[C@H]1O[C@H](COC(C)=O)[C@@H](OCc2ccccc2)[C@H](OC(=O)CCl)[C@@H]1OCc1ccccc1. The molecule has 0 N–H and O–H groups in total. The minimum absolute atomic E-state index is 0.131. The monoisotopic (exact) mass is 546 g/mol. The summed E-state index contributed by atoms with van der Waals surface area (Å²) < 4.78 is 35.8. The van der Waals surface area contributed by atoms with Gasteiger partial charge in [-0.15, -0.1) is 11.6 Å². The van der Waals surface area contributed by atoms with Gasteiger partial charge in [0.1, 0.15) is 24.7 Å². The van der Waals surface area contributed by atoms with Crippen molar-refractivity contribution in [3.63, 3.8) is 0 Å². The number of alkyl halides is 1. The molecule has 9 heteroatoms. The highest BCUT2D eigenvalue weighted by atomic mass is 35.5. The molecule has 2 aromatic carbocycles. The zero-order chi connectivity index (χ0) is 27.2. The third kappa shape index (κ3) is 9.44. The molecule has 1 aliphatic heterocycles. The number of halogens is 1. The fourth-order valence-corrected chi connectivity index (χ4v) is 3.98. The Morgan fingerprint density at radius 2 is 1.53 bits per heavy atom. The van der Waals surface area contributed by atoms with Gasteiger partial charge in [0.05, 0.1) is 19.5 Å². The van der Waals surface area contributed by atoms with E-state index < -0.39 is 42.6 Å². The first kappa shape index (κ1) is 29.6. The first-order valence-electron chi connectivity index (χ1n) is 12.7. The van der Waals surface area contributed by atoms with Crippen LogP contribution in [0.4, 0.5) is 0 Å². The van der Waals surface area contributed by atoms with Crippen LogP contribution in [-0.4, -0.2) is 55.1 Å². The lowest BCUT2D eigenvalue weighted by molar-refractivity contribution is -0.310. The van der Waals surface area contributed by atoms with Crippen LogP contribution in [0.1, 0.15) is 37.8 Å². The van der Waals surface area contributed by atoms with Gasteiger partial charge in [-0.3, -0.25) is 9.59 Å². The lowest BCUT2D eigenvalue weighted by Gasteiger charge is -2.44. The van der Waals surface area contributed by atoms with E-state index in [-0.39, 0.29) is 25.7 Å². The molecule has 3 rings (SSSR count). The zero-order valence-corrected chi connectivity index (χ0v) is 22.5. The fraction of sp³-hybridized carbons (Fsp3) is 0.448. The quantitative estimate of drug-likeness (QED) is 0.187. The molecule has 206 valence electrons. The highest BCUT2D eigenvalue weighted by Crippen LogP contribution is 2.31. The van der Waals surface area contributed by atoms with Gasteiger partial charge in [-0.2, -0.15) is 0 Å². The maximum atomic E-state index is 12.5. The van der Waals surface area contributed by atoms with E-state index in [1.54, 1.807) is 6.26 Å². The fourth-order valence-electron chi connectivity index (χ4n) is 3.92. The van der Waals surface area contributed by atoms with E-state index in [0.717, 1.165) is 24.0 Å². The summed E-state index contributed by atoms with van der Waals surface area (Å²) >= 11 is 5.81. The van der Waals surface area contributed by atoms with Crippen molar-refractivity contribution < 1.29 is 38.0 Å². The molecule has 0 amide bonds. The highest BCUT2D eigenvalue weighted by Gasteiger charge is 2.51. The zero-order valence-electron chi connectivity index (χ0n) is 21.7. The smallest absolute Gasteiger partial charge is 0.321 e. The molecule has 2 aromatic rings. The minimum Gasteiger partial charge on any atom is -0.470 e. The molecule has 0 spiro atoms. The van der Waals surface area contributed by atoms with Crippen molar-refractivity contribution in [2.24, 2.45) is 0 Å². The second kappa shape index (κ2) is 16.1. The molecule has 0 radical (unpaired) electrons. The number of hydrogen-bond donors (Lipinski definition) is 0. The Morgan fingerprint density at radius 3 is 2.08 bits per heavy atom. The van der Waals surface area contributed by atoms with Gasteiger partial charge in [0.15, 0.2) is 12.2 Å². The lowest BCUT2D eigenvalue weighted by Crippen LogP contribution is -2.62. The van der Waals surface area contributed by atoms with Gasteiger partial charge in [0, 0.05) is 6.92 Å². The van der Waals surface area contributed by atoms with Gasteiger partial charge in [0.2, 0.25) is 6.29 Å². The predicted molar refractivity (Wildman–Crippen MR) is 141 cm³/mol. The lowest BCUT2D eigenvalue weighted by atomic mass is 9.98. The molecule has 0 unspecified atom stereocenters. The van der Waals surface area contributed by atoms with Crippen molar-refractivity contribution in [3.05, 3.63) is 84.1 Å². The average Bonchev–Trinajstić information content (AvgIpc) is 2.94. The van der Waals surface area contributed by atoms with Crippen LogP contribution in [0.3, 0.4) is 0 Å². The largest absolute Gasteiger partial charge is 0.470 e. The van der Waals surface area contributed by atoms with E-state index in [0.29, 0.717) is 0 Å². The van der Waals surface area contributed by atoms with Crippen molar-refractivity contribution in [1.29, 1.82) is 0 Å². The number of carbonyl (C=O) groups is 2. The second-order valence-corrected chi connectivity index (χ2v) is 9.02. The summed E-state index contributed by atoms with van der Waals surface area (Å²) in [5.41, 5.74) is 1.82. The van der Waals surface area contributed by atoms with Crippen molar-refractivity contribution in [2.75, 3.05) is 12.5 Å². The molecular weight excluding hydrogens is 512 g/mol. The second-order valence-electron chi connectivity index (χ2n) is 8.75. The van der Waals surface area contributed by atoms with Gasteiger partial charge in [-0.1, -0.05) is 74.0 Å². The standard InChI is InChI=1S/C29H35ClO8/c1-3-4-11-16-33-29-28(36-19-23-14-9-6-10-15-23)27(38-25(32)17-30)26(24(37-29)20-34-21(2)31)35-18-22-12-7-5-8-13-22/h5-16,24,26-29H,3-4,17-20H2,1-2H3/b16-11+/t24-,26-,27+,28+,29+/m1/s1. The van der Waals surface area contributed by atoms with Crippen molar-refractivity contribution in [3.8, 4) is 0 Å². The summed E-state index contributed by atoms with van der Waals surface area (Å²) in [6.45, 7) is 3.64. The average molecular weight is 547 g/mol. The van der Waals surface area contributed by atoms with E-state index >= 15 is 0 Å². The summed E-state index contributed by atoms with van der Waals surface area (Å²) in [5, 5.41) is 0. The number of unbranched alkanes of at least 4 members (excludes halogenated alkanes) is 1. The molecule has 5 atom stereocenters. The predicted octanol–water partition coefficient (Wildman–Crippen LogP) is 4.93. The molecule has 0 bridgehead atoms. The summed E-state index contributed by atoms with van der Waals surface area (Å²) in [5.74, 6) is -1.48. The molecule has 0 aliphatic carbocycles. The van der Waals surface area contributed by atoms with Crippen LogP contribution in [0.25, 0.3) is 0 Å². The summed E-state index contributed by atoms with van der Waals surface area (Å²) in [6.07, 6.45) is 0.705. The van der Waals surface area contributed by atoms with Crippen LogP contribution in [0.15, 0.2) is 73.0 Å². The van der Waals surface area contributed by atoms with Crippen LogP contribution in [0, 0.1) is 0 Å². The topological polar surface area (TPSA) is 89.5 Å². The Balaban J connectivity index is 1.92. The summed E-state index contributed by atoms with van der Waals surface area (Å²) in [4.78, 5) is 24.1. The molecule has 1 fully saturated rings. The van der Waals surface area contributed by atoms with Crippen molar-refractivity contribution in [1.82, 2.24) is 0 Å². The molecule has 0 aromatic heterocycles. The molecule has 1 heterocycles. The molecular formula is C29H35ClO8. The van der Waals surface area contributed by atoms with Crippen LogP contribution < -0.4 is 0 Å². The number of hydrogen-bond acceptors (Lipinski definition) is 8. The molecule has 8 nitrogen and oxygen atoms in total. The number of allylic oxidation sites excluding steroid dienone is 1. The molecule has 38 heavy (non-hydrogen) atoms. The molecule has 1 saturated heterocycles. The molecule has 0 saturated carbocycles. The Labute approximate surface area is 228 Å². The van der Waals surface area contributed by atoms with E-state index in [9.17, 15) is 9.59 Å². The Hall–Kier alpha value is -2.91. The van der Waals surface area contributed by atoms with E-state index in [1.807, 2.05) is 66.7 Å². The highest BCUT2D eigenvalue weighted by molar-refractivity contribution is 6.26. The van der Waals surface area contributed by atoms with Gasteiger partial charge in [-0.25, -0.2) is 0 Å². The van der Waals surface area contributed by atoms with Gasteiger partial charge in [0.25, 0.3) is 0 Å². The van der Waals surface area contributed by atoms with E-state index in [4.69, 9.17) is 40.0 Å². The number of esters is 2. The Kier molecular flexibility index (Phi) is 12.6. The van der Waals surface area contributed by atoms with Crippen LogP contribution in [0.5, 0.6) is 0 Å². The number of benzene rings is 2. The van der Waals surface area contributed by atoms with E-state index in [2.05, 4.69) is 6.92 Å². The number of carbonyl (C=O) groups excluding carboxylic acids is 2. The Morgan fingerprint density at radius 1 is 0.921 bits per heavy atom. The van der Waals surface area contributed by atoms with Crippen LogP contribution in [0.2, 0.25) is 0 Å². The first-order chi connectivity index (χ1) is 18.5. The van der Waals surface area contributed by atoms with Crippen molar-refractivity contribution in [2.45, 2.75) is 70.6 Å². The van der Waals surface area contributed by atoms with Crippen LogP contribution in [-0.2, 0) is 51.2 Å². The third-order valence-corrected chi connectivity index (χ3v) is 5.97. The third-order valence-electron chi connectivity index (χ3n) is 5.75. The van der Waals surface area contributed by atoms with E-state index in [1.165, 1.54) is 6.92 Å². The minimum atomic E-state index is -0.975. The first-order valence-corrected chi connectivity index (χ1v) is 13.2. The maximum absolute atomic E-state index is 12.5.